The fraction of sp³-hybridized carbons (Fsp3) is 0.528. The van der Waals surface area contributed by atoms with Gasteiger partial charge < -0.3 is 14.2 Å². The molecule has 0 bridgehead atoms. The van der Waals surface area contributed by atoms with Crippen LogP contribution in [0.2, 0.25) is 0 Å². The van der Waals surface area contributed by atoms with Crippen molar-refractivity contribution in [2.24, 2.45) is 0 Å². The minimum atomic E-state index is -0.858. The van der Waals surface area contributed by atoms with Gasteiger partial charge in [0, 0.05) is 19.3 Å². The van der Waals surface area contributed by atoms with Crippen molar-refractivity contribution in [1.82, 2.24) is 0 Å². The third-order valence-electron chi connectivity index (χ3n) is 8.75. The highest BCUT2D eigenvalue weighted by Crippen LogP contribution is 2.09. The highest BCUT2D eigenvalue weighted by molar-refractivity contribution is 5.71. The Morgan fingerprint density at radius 1 is 0.373 bits per heavy atom. The molecule has 0 radical (unpaired) electrons. The van der Waals surface area contributed by atoms with Gasteiger partial charge in [-0.05, 0) is 89.9 Å². The average molecular weight is 813 g/mol. The lowest BCUT2D eigenvalue weighted by molar-refractivity contribution is -0.166. The summed E-state index contributed by atoms with van der Waals surface area (Å²) in [5.41, 5.74) is 0. The van der Waals surface area contributed by atoms with Gasteiger partial charge in [0.1, 0.15) is 13.2 Å². The second-order valence-corrected chi connectivity index (χ2v) is 14.3. The molecule has 0 aliphatic rings. The van der Waals surface area contributed by atoms with Gasteiger partial charge in [0.2, 0.25) is 0 Å². The van der Waals surface area contributed by atoms with Crippen molar-refractivity contribution in [2.75, 3.05) is 13.2 Å². The summed E-state index contributed by atoms with van der Waals surface area (Å²) in [5, 5.41) is 0. The first-order chi connectivity index (χ1) is 29.0. The summed E-state index contributed by atoms with van der Waals surface area (Å²) in [4.78, 5) is 37.7. The van der Waals surface area contributed by atoms with E-state index in [1.54, 1.807) is 0 Å². The standard InChI is InChI=1S/C53H80O6/c1-4-7-10-13-16-19-22-24-25-26-27-29-31-34-37-40-43-46-52(55)58-49-50(48-57-51(54)45-42-39-36-33-30-21-18-15-12-9-6-3)59-53(56)47-44-41-38-35-32-28-23-20-17-14-11-8-5-2/h8-9,11-12,14,17-18,20-21,23-25,27-29,32-38,50H,4-7,10,13,15-16,19,22,26,30-31,39-49H2,1-3H3/b11-8-,12-9-,17-14-,21-18-,23-20-,25-24-,29-27-,32-28-,36-33-,37-34-,38-35-. The van der Waals surface area contributed by atoms with E-state index >= 15 is 0 Å². The predicted molar refractivity (Wildman–Crippen MR) is 251 cm³/mol. The summed E-state index contributed by atoms with van der Waals surface area (Å²) in [7, 11) is 0. The lowest BCUT2D eigenvalue weighted by Gasteiger charge is -2.18. The van der Waals surface area contributed by atoms with E-state index in [2.05, 4.69) is 99.8 Å². The molecule has 0 rings (SSSR count). The zero-order chi connectivity index (χ0) is 43.0. The van der Waals surface area contributed by atoms with Crippen molar-refractivity contribution in [3.63, 3.8) is 0 Å². The van der Waals surface area contributed by atoms with Gasteiger partial charge in [-0.25, -0.2) is 0 Å². The lowest BCUT2D eigenvalue weighted by atomic mass is 10.1. The van der Waals surface area contributed by atoms with Gasteiger partial charge in [0.15, 0.2) is 6.10 Å². The van der Waals surface area contributed by atoms with Crippen LogP contribution in [0.5, 0.6) is 0 Å². The van der Waals surface area contributed by atoms with Gasteiger partial charge in [-0.2, -0.15) is 0 Å². The fourth-order valence-electron chi connectivity index (χ4n) is 5.39. The second kappa shape index (κ2) is 46.2. The summed E-state index contributed by atoms with van der Waals surface area (Å²) >= 11 is 0. The first-order valence-corrected chi connectivity index (χ1v) is 22.8. The molecule has 0 heterocycles. The lowest BCUT2D eigenvalue weighted by Crippen LogP contribution is -2.30. The average Bonchev–Trinajstić information content (AvgIpc) is 3.23. The number of allylic oxidation sites excluding steroid dienone is 22. The molecular formula is C53H80O6. The van der Waals surface area contributed by atoms with Gasteiger partial charge >= 0.3 is 17.9 Å². The molecule has 0 aliphatic carbocycles. The van der Waals surface area contributed by atoms with Crippen molar-refractivity contribution in [2.45, 2.75) is 168 Å². The Kier molecular flexibility index (Phi) is 42.8. The van der Waals surface area contributed by atoms with Crippen LogP contribution in [0, 0.1) is 0 Å². The Hall–Kier alpha value is -4.45. The first kappa shape index (κ1) is 54.6. The van der Waals surface area contributed by atoms with E-state index in [9.17, 15) is 14.4 Å². The monoisotopic (exact) mass is 813 g/mol. The second-order valence-electron chi connectivity index (χ2n) is 14.3. The van der Waals surface area contributed by atoms with E-state index < -0.39 is 12.1 Å². The summed E-state index contributed by atoms with van der Waals surface area (Å²) < 4.78 is 16.5. The molecular weight excluding hydrogens is 733 g/mol. The molecule has 0 saturated heterocycles. The van der Waals surface area contributed by atoms with Crippen LogP contribution in [0.15, 0.2) is 134 Å². The quantitative estimate of drug-likeness (QED) is 0.0203. The van der Waals surface area contributed by atoms with E-state index in [0.29, 0.717) is 25.7 Å². The number of rotatable bonds is 38. The number of ether oxygens (including phenoxy) is 3. The molecule has 0 N–H and O–H groups in total. The van der Waals surface area contributed by atoms with E-state index in [4.69, 9.17) is 14.2 Å². The third-order valence-corrected chi connectivity index (χ3v) is 8.75. The van der Waals surface area contributed by atoms with Crippen LogP contribution in [0.3, 0.4) is 0 Å². The van der Waals surface area contributed by atoms with E-state index in [0.717, 1.165) is 51.4 Å². The Balaban J connectivity index is 4.64. The summed E-state index contributed by atoms with van der Waals surface area (Å²) in [6.45, 7) is 6.17. The van der Waals surface area contributed by atoms with Crippen LogP contribution in [0.25, 0.3) is 0 Å². The van der Waals surface area contributed by atoms with Gasteiger partial charge in [0.25, 0.3) is 0 Å². The van der Waals surface area contributed by atoms with Crippen LogP contribution in [-0.2, 0) is 28.6 Å². The molecule has 1 atom stereocenters. The maximum absolute atomic E-state index is 12.7. The molecule has 0 aromatic rings. The Bertz CT molecular complexity index is 1350. The number of hydrogen-bond donors (Lipinski definition) is 0. The van der Waals surface area contributed by atoms with Crippen molar-refractivity contribution < 1.29 is 28.6 Å². The van der Waals surface area contributed by atoms with Crippen molar-refractivity contribution >= 4 is 17.9 Å². The molecule has 328 valence electrons. The molecule has 0 amide bonds. The van der Waals surface area contributed by atoms with Crippen LogP contribution in [-0.4, -0.2) is 37.2 Å². The minimum Gasteiger partial charge on any atom is -0.462 e. The fourth-order valence-corrected chi connectivity index (χ4v) is 5.39. The van der Waals surface area contributed by atoms with Crippen molar-refractivity contribution in [3.05, 3.63) is 134 Å². The van der Waals surface area contributed by atoms with Gasteiger partial charge in [-0.1, -0.05) is 187 Å². The first-order valence-electron chi connectivity index (χ1n) is 22.8. The molecule has 0 aromatic carbocycles. The minimum absolute atomic E-state index is 0.154. The highest BCUT2D eigenvalue weighted by atomic mass is 16.6. The van der Waals surface area contributed by atoms with E-state index in [1.165, 1.54) is 44.9 Å². The molecule has 6 heteroatoms. The van der Waals surface area contributed by atoms with Crippen LogP contribution < -0.4 is 0 Å². The van der Waals surface area contributed by atoms with Crippen LogP contribution in [0.1, 0.15) is 162 Å². The Morgan fingerprint density at radius 3 is 1.24 bits per heavy atom. The number of carbonyl (C=O) groups excluding carboxylic acids is 3. The largest absolute Gasteiger partial charge is 0.462 e. The van der Waals surface area contributed by atoms with Crippen LogP contribution in [0.4, 0.5) is 0 Å². The topological polar surface area (TPSA) is 78.9 Å². The SMILES string of the molecule is CC\C=C/C=C\C=C/C=C\C=C/CCCC(=O)OC(COC(=O)CCC/C=C\C/C=C\C/C=C\CC)COC(=O)CCC/C=C\C/C=C\C/C=C\CCCCCCCC. The molecule has 0 aliphatic heterocycles. The predicted octanol–water partition coefficient (Wildman–Crippen LogP) is 14.7. The van der Waals surface area contributed by atoms with Crippen molar-refractivity contribution in [3.8, 4) is 0 Å². The number of carbonyl (C=O) groups is 3. The molecule has 0 aromatic heterocycles. The number of unbranched alkanes of at least 4 members (excludes halogenated alkanes) is 9. The molecule has 0 saturated carbocycles. The molecule has 0 spiro atoms. The Labute approximate surface area is 360 Å². The maximum atomic E-state index is 12.7. The number of hydrogen-bond acceptors (Lipinski definition) is 6. The summed E-state index contributed by atoms with van der Waals surface area (Å²) in [5.74, 6) is -1.15. The normalized spacial score (nSPS) is 13.3. The highest BCUT2D eigenvalue weighted by Gasteiger charge is 2.19. The zero-order valence-corrected chi connectivity index (χ0v) is 37.2. The van der Waals surface area contributed by atoms with Crippen molar-refractivity contribution in [1.29, 1.82) is 0 Å². The van der Waals surface area contributed by atoms with Gasteiger partial charge in [-0.15, -0.1) is 0 Å². The smallest absolute Gasteiger partial charge is 0.306 e. The third kappa shape index (κ3) is 44.5. The van der Waals surface area contributed by atoms with E-state index in [1.807, 2.05) is 54.7 Å². The van der Waals surface area contributed by atoms with Gasteiger partial charge in [-0.3, -0.25) is 14.4 Å². The molecule has 6 nitrogen and oxygen atoms in total. The van der Waals surface area contributed by atoms with Crippen LogP contribution >= 0.6 is 0 Å². The number of esters is 3. The molecule has 1 unspecified atom stereocenters. The maximum Gasteiger partial charge on any atom is 0.306 e. The zero-order valence-electron chi connectivity index (χ0n) is 37.2. The van der Waals surface area contributed by atoms with Gasteiger partial charge in [0.05, 0.1) is 0 Å². The molecule has 59 heavy (non-hydrogen) atoms. The van der Waals surface area contributed by atoms with E-state index in [-0.39, 0.29) is 44.4 Å². The summed E-state index contributed by atoms with van der Waals surface area (Å²) in [6, 6.07) is 0. The Morgan fingerprint density at radius 2 is 0.746 bits per heavy atom. The molecule has 0 fully saturated rings. The summed E-state index contributed by atoms with van der Waals surface area (Å²) in [6.07, 6.45) is 64.6.